The summed E-state index contributed by atoms with van der Waals surface area (Å²) in [5.74, 6) is 3.74. The van der Waals surface area contributed by atoms with Crippen molar-refractivity contribution in [2.45, 2.75) is 46.1 Å². The summed E-state index contributed by atoms with van der Waals surface area (Å²) in [6.45, 7) is 8.58. The largest absolute Gasteiger partial charge is 0.313 e. The van der Waals surface area contributed by atoms with Crippen molar-refractivity contribution in [1.29, 1.82) is 0 Å². The molecule has 1 aliphatic carbocycles. The average molecular weight is 181 g/mol. The summed E-state index contributed by atoms with van der Waals surface area (Å²) in [6, 6.07) is 0.833. The Kier molecular flexibility index (Phi) is 2.64. The zero-order chi connectivity index (χ0) is 9.42. The van der Waals surface area contributed by atoms with Gasteiger partial charge in [0.25, 0.3) is 0 Å². The van der Waals surface area contributed by atoms with E-state index in [-0.39, 0.29) is 0 Å². The highest BCUT2D eigenvalue weighted by Gasteiger charge is 2.39. The van der Waals surface area contributed by atoms with Gasteiger partial charge in [0.15, 0.2) is 0 Å². The van der Waals surface area contributed by atoms with Crippen molar-refractivity contribution in [3.05, 3.63) is 0 Å². The van der Waals surface area contributed by atoms with E-state index in [0.717, 1.165) is 29.7 Å². The van der Waals surface area contributed by atoms with Crippen molar-refractivity contribution < 1.29 is 0 Å². The van der Waals surface area contributed by atoms with Gasteiger partial charge in [-0.1, -0.05) is 20.8 Å². The Bertz CT molecular complexity index is 178. The lowest BCUT2D eigenvalue weighted by Gasteiger charge is -2.47. The molecule has 0 amide bonds. The number of rotatable bonds is 0. The molecule has 1 nitrogen and oxygen atoms in total. The van der Waals surface area contributed by atoms with Gasteiger partial charge in [0.1, 0.15) is 0 Å². The molecule has 1 N–H and O–H groups in total. The van der Waals surface area contributed by atoms with Gasteiger partial charge in [-0.3, -0.25) is 0 Å². The normalized spacial score (nSPS) is 51.5. The molecule has 5 atom stereocenters. The molecule has 1 saturated carbocycles. The van der Waals surface area contributed by atoms with Gasteiger partial charge in [-0.2, -0.15) is 0 Å². The molecule has 1 heterocycles. The van der Waals surface area contributed by atoms with E-state index in [1.165, 1.54) is 25.8 Å². The number of hydrogen-bond acceptors (Lipinski definition) is 1. The van der Waals surface area contributed by atoms with E-state index < -0.39 is 0 Å². The first-order valence-corrected chi connectivity index (χ1v) is 5.93. The van der Waals surface area contributed by atoms with Crippen molar-refractivity contribution in [1.82, 2.24) is 5.32 Å². The monoisotopic (exact) mass is 181 g/mol. The Morgan fingerprint density at radius 1 is 1.08 bits per heavy atom. The Labute approximate surface area is 82.3 Å². The molecule has 76 valence electrons. The van der Waals surface area contributed by atoms with E-state index in [1.807, 2.05) is 0 Å². The van der Waals surface area contributed by atoms with Gasteiger partial charge in [-0.05, 0) is 49.5 Å². The minimum absolute atomic E-state index is 0.833. The van der Waals surface area contributed by atoms with Crippen molar-refractivity contribution in [2.75, 3.05) is 6.54 Å². The van der Waals surface area contributed by atoms with Crippen LogP contribution in [0.25, 0.3) is 0 Å². The van der Waals surface area contributed by atoms with Crippen LogP contribution in [0.5, 0.6) is 0 Å². The highest BCUT2D eigenvalue weighted by molar-refractivity contribution is 4.93. The zero-order valence-corrected chi connectivity index (χ0v) is 9.22. The second-order valence-corrected chi connectivity index (χ2v) is 5.34. The topological polar surface area (TPSA) is 12.0 Å². The molecular weight excluding hydrogens is 158 g/mol. The summed E-state index contributed by atoms with van der Waals surface area (Å²) < 4.78 is 0. The van der Waals surface area contributed by atoms with Crippen LogP contribution < -0.4 is 5.32 Å². The highest BCUT2D eigenvalue weighted by Crippen LogP contribution is 2.41. The van der Waals surface area contributed by atoms with Crippen LogP contribution in [0, 0.1) is 23.7 Å². The number of nitrogens with one attached hydrogen (secondary N) is 1. The summed E-state index contributed by atoms with van der Waals surface area (Å²) in [5.41, 5.74) is 0. The zero-order valence-electron chi connectivity index (χ0n) is 9.22. The number of hydrogen-bond donors (Lipinski definition) is 1. The van der Waals surface area contributed by atoms with E-state index >= 15 is 0 Å². The molecule has 0 aromatic carbocycles. The minimum Gasteiger partial charge on any atom is -0.313 e. The third-order valence-electron chi connectivity index (χ3n) is 4.49. The van der Waals surface area contributed by atoms with Crippen LogP contribution in [0.3, 0.4) is 0 Å². The van der Waals surface area contributed by atoms with Gasteiger partial charge in [-0.25, -0.2) is 0 Å². The fourth-order valence-electron chi connectivity index (χ4n) is 3.52. The molecule has 1 saturated heterocycles. The van der Waals surface area contributed by atoms with E-state index in [0.29, 0.717) is 0 Å². The Balaban J connectivity index is 2.10. The van der Waals surface area contributed by atoms with Crippen molar-refractivity contribution >= 4 is 0 Å². The van der Waals surface area contributed by atoms with Crippen LogP contribution in [-0.4, -0.2) is 12.6 Å². The third-order valence-corrected chi connectivity index (χ3v) is 4.49. The molecule has 0 spiro atoms. The van der Waals surface area contributed by atoms with Crippen molar-refractivity contribution in [3.63, 3.8) is 0 Å². The van der Waals surface area contributed by atoms with Gasteiger partial charge in [0, 0.05) is 6.04 Å². The van der Waals surface area contributed by atoms with Gasteiger partial charge in [-0.15, -0.1) is 0 Å². The van der Waals surface area contributed by atoms with Crippen LogP contribution in [-0.2, 0) is 0 Å². The molecule has 0 radical (unpaired) electrons. The molecule has 2 fully saturated rings. The fourth-order valence-corrected chi connectivity index (χ4v) is 3.52. The first-order chi connectivity index (χ1) is 6.20. The van der Waals surface area contributed by atoms with Crippen LogP contribution in [0.15, 0.2) is 0 Å². The molecule has 2 rings (SSSR count). The predicted octanol–water partition coefficient (Wildman–Crippen LogP) is 2.67. The first kappa shape index (κ1) is 9.51. The maximum Gasteiger partial charge on any atom is 0.0124 e. The SMILES string of the molecule is CC1CC(C)C2NCCCC2C1C. The summed E-state index contributed by atoms with van der Waals surface area (Å²) in [5, 5.41) is 3.72. The van der Waals surface area contributed by atoms with Gasteiger partial charge < -0.3 is 5.32 Å². The summed E-state index contributed by atoms with van der Waals surface area (Å²) in [6.07, 6.45) is 4.29. The van der Waals surface area contributed by atoms with E-state index in [2.05, 4.69) is 26.1 Å². The number of piperidine rings is 1. The van der Waals surface area contributed by atoms with Gasteiger partial charge >= 0.3 is 0 Å². The van der Waals surface area contributed by atoms with Gasteiger partial charge in [0.2, 0.25) is 0 Å². The maximum atomic E-state index is 3.72. The van der Waals surface area contributed by atoms with Crippen LogP contribution in [0.2, 0.25) is 0 Å². The second-order valence-electron chi connectivity index (χ2n) is 5.34. The number of fused-ring (bicyclic) bond motifs is 1. The molecule has 1 heteroatoms. The molecule has 5 unspecified atom stereocenters. The lowest BCUT2D eigenvalue weighted by Crippen LogP contribution is -2.52. The van der Waals surface area contributed by atoms with E-state index in [1.54, 1.807) is 0 Å². The molecule has 2 aliphatic rings. The summed E-state index contributed by atoms with van der Waals surface area (Å²) in [7, 11) is 0. The fraction of sp³-hybridized carbons (Fsp3) is 1.00. The smallest absolute Gasteiger partial charge is 0.0124 e. The summed E-state index contributed by atoms with van der Waals surface area (Å²) >= 11 is 0. The van der Waals surface area contributed by atoms with Crippen molar-refractivity contribution in [3.8, 4) is 0 Å². The van der Waals surface area contributed by atoms with E-state index in [4.69, 9.17) is 0 Å². The first-order valence-electron chi connectivity index (χ1n) is 5.93. The molecule has 13 heavy (non-hydrogen) atoms. The van der Waals surface area contributed by atoms with Gasteiger partial charge in [0.05, 0.1) is 0 Å². The van der Waals surface area contributed by atoms with E-state index in [9.17, 15) is 0 Å². The summed E-state index contributed by atoms with van der Waals surface area (Å²) in [4.78, 5) is 0. The Hall–Kier alpha value is -0.0400. The van der Waals surface area contributed by atoms with Crippen LogP contribution in [0.1, 0.15) is 40.0 Å². The lowest BCUT2D eigenvalue weighted by atomic mass is 9.64. The highest BCUT2D eigenvalue weighted by atomic mass is 14.9. The Morgan fingerprint density at radius 3 is 2.62 bits per heavy atom. The van der Waals surface area contributed by atoms with Crippen LogP contribution in [0.4, 0.5) is 0 Å². The lowest BCUT2D eigenvalue weighted by molar-refractivity contribution is 0.0630. The quantitative estimate of drug-likeness (QED) is 0.606. The minimum atomic E-state index is 0.833. The maximum absolute atomic E-state index is 3.72. The average Bonchev–Trinajstić information content (AvgIpc) is 2.15. The molecule has 1 aliphatic heterocycles. The van der Waals surface area contributed by atoms with Crippen LogP contribution >= 0.6 is 0 Å². The molecule has 0 aromatic rings. The standard InChI is InChI=1S/C12H23N/c1-8-7-9(2)12-11(10(8)3)5-4-6-13-12/h8-13H,4-7H2,1-3H3. The predicted molar refractivity (Wildman–Crippen MR) is 56.6 cm³/mol. The second kappa shape index (κ2) is 3.61. The molecule has 0 aromatic heterocycles. The third kappa shape index (κ3) is 1.63. The molecular formula is C12H23N. The van der Waals surface area contributed by atoms with Crippen molar-refractivity contribution in [2.24, 2.45) is 23.7 Å². The Morgan fingerprint density at radius 2 is 1.85 bits per heavy atom. The molecule has 0 bridgehead atoms.